The SMILES string of the molecule is CN1CC(c2ncccc2Cl)N(C(=O)O)C(C2NC(=O)c3nccnc32)C1. The van der Waals surface area contributed by atoms with Crippen molar-refractivity contribution in [1.29, 1.82) is 0 Å². The number of pyridine rings is 1. The number of piperazine rings is 1. The fourth-order valence-electron chi connectivity index (χ4n) is 3.81. The Hall–Kier alpha value is -2.78. The number of amides is 2. The number of halogens is 1. The molecule has 2 N–H and O–H groups in total. The van der Waals surface area contributed by atoms with Gasteiger partial charge in [0.05, 0.1) is 34.5 Å². The predicted octanol–water partition coefficient (Wildman–Crippen LogP) is 1.34. The summed E-state index contributed by atoms with van der Waals surface area (Å²) < 4.78 is 0. The van der Waals surface area contributed by atoms with Gasteiger partial charge >= 0.3 is 6.09 Å². The van der Waals surface area contributed by atoms with E-state index in [1.54, 1.807) is 18.3 Å². The van der Waals surface area contributed by atoms with Crippen LogP contribution in [0.2, 0.25) is 5.02 Å². The van der Waals surface area contributed by atoms with E-state index in [4.69, 9.17) is 11.6 Å². The van der Waals surface area contributed by atoms with E-state index in [0.29, 0.717) is 29.5 Å². The molecule has 1 fully saturated rings. The van der Waals surface area contributed by atoms with Gasteiger partial charge in [-0.1, -0.05) is 11.6 Å². The summed E-state index contributed by atoms with van der Waals surface area (Å²) in [6.45, 7) is 0.863. The van der Waals surface area contributed by atoms with Gasteiger partial charge in [-0.2, -0.15) is 0 Å². The molecule has 2 amide bonds. The van der Waals surface area contributed by atoms with Gasteiger partial charge in [-0.15, -0.1) is 0 Å². The quantitative estimate of drug-likeness (QED) is 0.798. The van der Waals surface area contributed by atoms with Crippen molar-refractivity contribution in [3.05, 3.63) is 52.8 Å². The summed E-state index contributed by atoms with van der Waals surface area (Å²) >= 11 is 6.29. The maximum atomic E-state index is 12.3. The molecule has 2 aromatic rings. The van der Waals surface area contributed by atoms with Gasteiger partial charge in [-0.3, -0.25) is 19.7 Å². The van der Waals surface area contributed by atoms with Crippen molar-refractivity contribution in [3.63, 3.8) is 0 Å². The Kier molecular flexibility index (Phi) is 4.40. The number of carboxylic acid groups (broad SMARTS) is 1. The molecule has 0 spiro atoms. The minimum atomic E-state index is -1.11. The van der Waals surface area contributed by atoms with Crippen molar-refractivity contribution in [2.45, 2.75) is 18.1 Å². The molecule has 0 bridgehead atoms. The first-order valence-electron chi connectivity index (χ1n) is 8.39. The number of fused-ring (bicyclic) bond motifs is 1. The lowest BCUT2D eigenvalue weighted by atomic mass is 9.96. The molecule has 9 nitrogen and oxygen atoms in total. The molecule has 2 aliphatic heterocycles. The van der Waals surface area contributed by atoms with Crippen LogP contribution < -0.4 is 5.32 Å². The Morgan fingerprint density at radius 2 is 1.96 bits per heavy atom. The molecule has 27 heavy (non-hydrogen) atoms. The highest BCUT2D eigenvalue weighted by molar-refractivity contribution is 6.31. The Labute approximate surface area is 160 Å². The van der Waals surface area contributed by atoms with Crippen molar-refractivity contribution >= 4 is 23.6 Å². The number of aromatic nitrogens is 3. The Morgan fingerprint density at radius 1 is 1.22 bits per heavy atom. The van der Waals surface area contributed by atoms with Crippen molar-refractivity contribution in [1.82, 2.24) is 30.1 Å². The molecule has 0 saturated carbocycles. The van der Waals surface area contributed by atoms with Crippen LogP contribution >= 0.6 is 11.6 Å². The van der Waals surface area contributed by atoms with Gasteiger partial charge < -0.3 is 15.3 Å². The fourth-order valence-corrected chi connectivity index (χ4v) is 4.05. The molecule has 0 aliphatic carbocycles. The lowest BCUT2D eigenvalue weighted by molar-refractivity contribution is 0.0214. The first kappa shape index (κ1) is 17.6. The minimum absolute atomic E-state index is 0.230. The van der Waals surface area contributed by atoms with Gasteiger partial charge in [0.25, 0.3) is 5.91 Å². The van der Waals surface area contributed by atoms with Gasteiger partial charge in [0, 0.05) is 31.7 Å². The van der Waals surface area contributed by atoms with Crippen LogP contribution in [0.1, 0.15) is 34.0 Å². The van der Waals surface area contributed by atoms with Crippen molar-refractivity contribution in [2.75, 3.05) is 20.1 Å². The molecular weight excluding hydrogens is 372 g/mol. The zero-order valence-corrected chi connectivity index (χ0v) is 15.2. The highest BCUT2D eigenvalue weighted by atomic mass is 35.5. The molecule has 2 aromatic heterocycles. The monoisotopic (exact) mass is 388 g/mol. The topological polar surface area (TPSA) is 112 Å². The fraction of sp³-hybridized carbons (Fsp3) is 0.353. The predicted molar refractivity (Wildman–Crippen MR) is 95.4 cm³/mol. The lowest BCUT2D eigenvalue weighted by Crippen LogP contribution is -2.59. The van der Waals surface area contributed by atoms with Crippen molar-refractivity contribution in [3.8, 4) is 0 Å². The molecular formula is C17H17ClN6O3. The summed E-state index contributed by atoms with van der Waals surface area (Å²) in [6, 6.07) is 1.66. The minimum Gasteiger partial charge on any atom is -0.465 e. The highest BCUT2D eigenvalue weighted by Gasteiger charge is 2.47. The molecule has 3 unspecified atom stereocenters. The van der Waals surface area contributed by atoms with Crippen LogP contribution in [0, 0.1) is 0 Å². The van der Waals surface area contributed by atoms with Crippen LogP contribution in [0.4, 0.5) is 4.79 Å². The number of nitrogens with one attached hydrogen (secondary N) is 1. The molecule has 140 valence electrons. The van der Waals surface area contributed by atoms with E-state index in [-0.39, 0.29) is 11.6 Å². The third-order valence-corrected chi connectivity index (χ3v) is 5.23. The number of nitrogens with zero attached hydrogens (tertiary/aromatic N) is 5. The molecule has 4 rings (SSSR count). The van der Waals surface area contributed by atoms with Gasteiger partial charge in [-0.25, -0.2) is 9.78 Å². The molecule has 10 heteroatoms. The summed E-state index contributed by atoms with van der Waals surface area (Å²) in [6.07, 6.45) is 3.42. The average molecular weight is 389 g/mol. The summed E-state index contributed by atoms with van der Waals surface area (Å²) in [5.74, 6) is -0.353. The highest BCUT2D eigenvalue weighted by Crippen LogP contribution is 2.37. The largest absolute Gasteiger partial charge is 0.465 e. The molecule has 1 saturated heterocycles. The van der Waals surface area contributed by atoms with Crippen LogP contribution in [0.3, 0.4) is 0 Å². The molecule has 0 aromatic carbocycles. The van der Waals surface area contributed by atoms with Gasteiger partial charge in [0.15, 0.2) is 5.69 Å². The normalized spacial score (nSPS) is 25.2. The number of likely N-dealkylation sites (N-methyl/N-ethyl adjacent to an activating group) is 1. The van der Waals surface area contributed by atoms with Crippen molar-refractivity contribution < 1.29 is 14.7 Å². The van der Waals surface area contributed by atoms with Crippen molar-refractivity contribution in [2.24, 2.45) is 0 Å². The molecule has 3 atom stereocenters. The Balaban J connectivity index is 1.77. The molecule has 2 aliphatic rings. The zero-order chi connectivity index (χ0) is 19.1. The standard InChI is InChI=1S/C17H17ClN6O3/c1-23-7-10(12-9(18)3-2-4-19-12)24(17(26)27)11(8-23)13-14-15(16(25)22-13)21-6-5-20-14/h2-6,10-11,13H,7-8H2,1H3,(H,22,25)(H,26,27). The Bertz CT molecular complexity index is 910. The third kappa shape index (κ3) is 2.98. The van der Waals surface area contributed by atoms with Crippen LogP contribution in [-0.2, 0) is 0 Å². The Morgan fingerprint density at radius 3 is 2.70 bits per heavy atom. The van der Waals surface area contributed by atoms with Crippen LogP contribution in [-0.4, -0.2) is 68.0 Å². The second-order valence-corrected chi connectivity index (χ2v) is 7.01. The second-order valence-electron chi connectivity index (χ2n) is 6.61. The zero-order valence-electron chi connectivity index (χ0n) is 14.4. The molecule has 4 heterocycles. The van der Waals surface area contributed by atoms with E-state index in [9.17, 15) is 14.7 Å². The lowest BCUT2D eigenvalue weighted by Gasteiger charge is -2.46. The number of carbonyl (C=O) groups is 2. The van der Waals surface area contributed by atoms with E-state index >= 15 is 0 Å². The number of rotatable bonds is 2. The van der Waals surface area contributed by atoms with E-state index in [2.05, 4.69) is 20.3 Å². The maximum Gasteiger partial charge on any atom is 0.408 e. The van der Waals surface area contributed by atoms with E-state index in [1.165, 1.54) is 17.3 Å². The van der Waals surface area contributed by atoms with Crippen LogP contribution in [0.5, 0.6) is 0 Å². The number of carbonyl (C=O) groups excluding carboxylic acids is 1. The first-order chi connectivity index (χ1) is 13.0. The van der Waals surface area contributed by atoms with Crippen LogP contribution in [0.15, 0.2) is 30.7 Å². The smallest absolute Gasteiger partial charge is 0.408 e. The van der Waals surface area contributed by atoms with Gasteiger partial charge in [0.2, 0.25) is 0 Å². The number of hydrogen-bond acceptors (Lipinski definition) is 6. The van der Waals surface area contributed by atoms with Gasteiger partial charge in [0.1, 0.15) is 0 Å². The summed E-state index contributed by atoms with van der Waals surface area (Å²) in [4.78, 5) is 40.4. The third-order valence-electron chi connectivity index (χ3n) is 4.91. The van der Waals surface area contributed by atoms with Crippen LogP contribution in [0.25, 0.3) is 0 Å². The van der Waals surface area contributed by atoms with E-state index < -0.39 is 24.2 Å². The van der Waals surface area contributed by atoms with E-state index in [1.807, 2.05) is 11.9 Å². The first-order valence-corrected chi connectivity index (χ1v) is 8.77. The summed E-state index contributed by atoms with van der Waals surface area (Å²) in [5.41, 5.74) is 1.18. The van der Waals surface area contributed by atoms with E-state index in [0.717, 1.165) is 0 Å². The number of hydrogen-bond donors (Lipinski definition) is 2. The second kappa shape index (κ2) is 6.75. The molecule has 0 radical (unpaired) electrons. The summed E-state index contributed by atoms with van der Waals surface area (Å²) in [7, 11) is 1.89. The summed E-state index contributed by atoms with van der Waals surface area (Å²) in [5, 5.41) is 13.2. The van der Waals surface area contributed by atoms with Gasteiger partial charge in [-0.05, 0) is 19.2 Å². The maximum absolute atomic E-state index is 12.3. The average Bonchev–Trinajstić information content (AvgIpc) is 2.98.